The van der Waals surface area contributed by atoms with E-state index in [1.54, 1.807) is 30.9 Å². The molecular weight excluding hydrogens is 252 g/mol. The Labute approximate surface area is 107 Å². The molecule has 0 aliphatic heterocycles. The molecule has 88 valence electrons. The van der Waals surface area contributed by atoms with Crippen molar-refractivity contribution < 1.29 is 0 Å². The van der Waals surface area contributed by atoms with Crippen LogP contribution in [-0.2, 0) is 0 Å². The normalized spacial score (nSPS) is 10.5. The molecule has 3 heterocycles. The number of tetrazole rings is 1. The highest BCUT2D eigenvalue weighted by atomic mass is 35.5. The van der Waals surface area contributed by atoms with Crippen LogP contribution in [0.4, 0.5) is 0 Å². The van der Waals surface area contributed by atoms with Gasteiger partial charge in [-0.25, -0.2) is 0 Å². The van der Waals surface area contributed by atoms with Gasteiger partial charge in [-0.1, -0.05) is 11.6 Å². The van der Waals surface area contributed by atoms with E-state index in [1.165, 1.54) is 4.80 Å². The summed E-state index contributed by atoms with van der Waals surface area (Å²) in [5, 5.41) is 12.7. The number of aromatic nitrogens is 6. The van der Waals surface area contributed by atoms with E-state index in [4.69, 9.17) is 11.6 Å². The van der Waals surface area contributed by atoms with Crippen LogP contribution in [0, 0.1) is 0 Å². The fourth-order valence-electron chi connectivity index (χ4n) is 1.44. The Morgan fingerprint density at radius 2 is 2.06 bits per heavy atom. The zero-order chi connectivity index (χ0) is 12.4. The van der Waals surface area contributed by atoms with Crippen LogP contribution in [-0.4, -0.2) is 30.2 Å². The molecule has 0 aromatic carbocycles. The number of rotatable bonds is 2. The Hall–Kier alpha value is -2.34. The van der Waals surface area contributed by atoms with Gasteiger partial charge in [0, 0.05) is 24.2 Å². The minimum absolute atomic E-state index is 0.503. The summed E-state index contributed by atoms with van der Waals surface area (Å²) < 4.78 is 0. The molecule has 0 N–H and O–H groups in total. The summed E-state index contributed by atoms with van der Waals surface area (Å²) in [7, 11) is 0. The molecule has 3 aromatic rings. The van der Waals surface area contributed by atoms with Gasteiger partial charge in [0.2, 0.25) is 5.82 Å². The maximum atomic E-state index is 5.86. The largest absolute Gasteiger partial charge is 0.264 e. The Balaban J connectivity index is 2.00. The van der Waals surface area contributed by atoms with Gasteiger partial charge < -0.3 is 0 Å². The van der Waals surface area contributed by atoms with Crippen LogP contribution < -0.4 is 0 Å². The van der Waals surface area contributed by atoms with E-state index in [2.05, 4.69) is 25.4 Å². The lowest BCUT2D eigenvalue weighted by molar-refractivity contribution is 0.717. The highest BCUT2D eigenvalue weighted by Crippen LogP contribution is 2.14. The summed E-state index contributed by atoms with van der Waals surface area (Å²) >= 11 is 5.86. The zero-order valence-corrected chi connectivity index (χ0v) is 9.86. The summed E-state index contributed by atoms with van der Waals surface area (Å²) in [6, 6.07) is 5.39. The van der Waals surface area contributed by atoms with Gasteiger partial charge in [0.1, 0.15) is 5.69 Å². The first kappa shape index (κ1) is 10.8. The van der Waals surface area contributed by atoms with Crippen molar-refractivity contribution in [2.75, 3.05) is 0 Å². The standard InChI is InChI=1S/C11H7ClN6/c12-9-4-10(7-14-6-9)18-16-11(15-17-18)8-2-1-3-13-5-8/h1-7H. The van der Waals surface area contributed by atoms with Crippen LogP contribution in [0.25, 0.3) is 17.1 Å². The van der Waals surface area contributed by atoms with Crippen molar-refractivity contribution in [3.8, 4) is 17.1 Å². The summed E-state index contributed by atoms with van der Waals surface area (Å²) in [6.07, 6.45) is 6.52. The van der Waals surface area contributed by atoms with Crippen LogP contribution in [0.15, 0.2) is 43.0 Å². The number of nitrogens with zero attached hydrogens (tertiary/aromatic N) is 6. The Kier molecular flexibility index (Phi) is 2.70. The molecule has 3 rings (SSSR count). The Morgan fingerprint density at radius 1 is 1.11 bits per heavy atom. The summed E-state index contributed by atoms with van der Waals surface area (Å²) in [6.45, 7) is 0. The quantitative estimate of drug-likeness (QED) is 0.701. The van der Waals surface area contributed by atoms with E-state index < -0.39 is 0 Å². The molecule has 0 atom stereocenters. The second-order valence-electron chi connectivity index (χ2n) is 3.51. The second kappa shape index (κ2) is 4.50. The van der Waals surface area contributed by atoms with Gasteiger partial charge in [-0.2, -0.15) is 0 Å². The van der Waals surface area contributed by atoms with E-state index in [1.807, 2.05) is 12.1 Å². The van der Waals surface area contributed by atoms with Gasteiger partial charge in [0.15, 0.2) is 0 Å². The topological polar surface area (TPSA) is 69.4 Å². The van der Waals surface area contributed by atoms with Gasteiger partial charge >= 0.3 is 0 Å². The predicted octanol–water partition coefficient (Wildman–Crippen LogP) is 1.77. The number of halogens is 1. The average Bonchev–Trinajstić information content (AvgIpc) is 2.89. The van der Waals surface area contributed by atoms with Crippen LogP contribution in [0.3, 0.4) is 0 Å². The summed E-state index contributed by atoms with van der Waals surface area (Å²) in [5.41, 5.74) is 1.46. The van der Waals surface area contributed by atoms with Crippen molar-refractivity contribution >= 4 is 11.6 Å². The van der Waals surface area contributed by atoms with Gasteiger partial charge in [-0.05, 0) is 23.4 Å². The molecule has 0 amide bonds. The lowest BCUT2D eigenvalue weighted by Gasteiger charge is -1.97. The lowest BCUT2D eigenvalue weighted by Crippen LogP contribution is -1.99. The fraction of sp³-hybridized carbons (Fsp3) is 0. The fourth-order valence-corrected chi connectivity index (χ4v) is 1.61. The van der Waals surface area contributed by atoms with Crippen LogP contribution in [0.5, 0.6) is 0 Å². The van der Waals surface area contributed by atoms with Gasteiger partial charge in [0.05, 0.1) is 11.2 Å². The summed E-state index contributed by atoms with van der Waals surface area (Å²) in [5.74, 6) is 0.503. The first-order chi connectivity index (χ1) is 8.83. The van der Waals surface area contributed by atoms with Crippen LogP contribution in [0.2, 0.25) is 5.02 Å². The molecule has 0 unspecified atom stereocenters. The van der Waals surface area contributed by atoms with E-state index in [9.17, 15) is 0 Å². The lowest BCUT2D eigenvalue weighted by atomic mass is 10.3. The van der Waals surface area contributed by atoms with Crippen molar-refractivity contribution in [2.45, 2.75) is 0 Å². The minimum Gasteiger partial charge on any atom is -0.264 e. The third kappa shape index (κ3) is 2.05. The van der Waals surface area contributed by atoms with E-state index in [-0.39, 0.29) is 0 Å². The van der Waals surface area contributed by atoms with E-state index >= 15 is 0 Å². The third-order valence-corrected chi connectivity index (χ3v) is 2.46. The van der Waals surface area contributed by atoms with Gasteiger partial charge in [-0.3, -0.25) is 9.97 Å². The first-order valence-electron chi connectivity index (χ1n) is 5.14. The third-order valence-electron chi connectivity index (χ3n) is 2.25. The maximum Gasteiger partial charge on any atom is 0.206 e. The molecule has 0 spiro atoms. The van der Waals surface area contributed by atoms with E-state index in [0.29, 0.717) is 16.5 Å². The second-order valence-corrected chi connectivity index (χ2v) is 3.94. The molecule has 0 saturated heterocycles. The SMILES string of the molecule is Clc1cncc(-n2nnc(-c3cccnc3)n2)c1. The average molecular weight is 259 g/mol. The van der Waals surface area contributed by atoms with Crippen molar-refractivity contribution in [3.63, 3.8) is 0 Å². The van der Waals surface area contributed by atoms with E-state index in [0.717, 1.165) is 5.56 Å². The minimum atomic E-state index is 0.503. The highest BCUT2D eigenvalue weighted by molar-refractivity contribution is 6.30. The number of hydrogen-bond donors (Lipinski definition) is 0. The molecule has 0 bridgehead atoms. The molecule has 0 fully saturated rings. The van der Waals surface area contributed by atoms with Crippen molar-refractivity contribution in [3.05, 3.63) is 48.0 Å². The van der Waals surface area contributed by atoms with Gasteiger partial charge in [0.25, 0.3) is 0 Å². The first-order valence-corrected chi connectivity index (χ1v) is 5.52. The Morgan fingerprint density at radius 3 is 2.83 bits per heavy atom. The van der Waals surface area contributed by atoms with Gasteiger partial charge in [-0.15, -0.1) is 15.0 Å². The van der Waals surface area contributed by atoms with Crippen molar-refractivity contribution in [1.29, 1.82) is 0 Å². The van der Waals surface area contributed by atoms with Crippen molar-refractivity contribution in [1.82, 2.24) is 30.2 Å². The monoisotopic (exact) mass is 258 g/mol. The molecular formula is C11H7ClN6. The van der Waals surface area contributed by atoms with Crippen LogP contribution in [0.1, 0.15) is 0 Å². The molecule has 18 heavy (non-hydrogen) atoms. The molecule has 3 aromatic heterocycles. The smallest absolute Gasteiger partial charge is 0.206 e. The summed E-state index contributed by atoms with van der Waals surface area (Å²) in [4.78, 5) is 9.35. The molecule has 0 aliphatic rings. The zero-order valence-electron chi connectivity index (χ0n) is 9.10. The maximum absolute atomic E-state index is 5.86. The van der Waals surface area contributed by atoms with Crippen LogP contribution >= 0.6 is 11.6 Å². The molecule has 0 radical (unpaired) electrons. The molecule has 7 heteroatoms. The molecule has 0 aliphatic carbocycles. The molecule has 0 saturated carbocycles. The Bertz CT molecular complexity index is 666. The molecule has 6 nitrogen and oxygen atoms in total. The number of hydrogen-bond acceptors (Lipinski definition) is 5. The predicted molar refractivity (Wildman–Crippen MR) is 65.2 cm³/mol. The number of pyridine rings is 2. The van der Waals surface area contributed by atoms with Crippen molar-refractivity contribution in [2.24, 2.45) is 0 Å². The highest BCUT2D eigenvalue weighted by Gasteiger charge is 2.07.